The van der Waals surface area contributed by atoms with Crippen molar-refractivity contribution >= 4 is 5.96 Å². The number of aromatic nitrogens is 2. The second-order valence-corrected chi connectivity index (χ2v) is 6.81. The van der Waals surface area contributed by atoms with Crippen LogP contribution < -0.4 is 10.6 Å². The van der Waals surface area contributed by atoms with Gasteiger partial charge in [-0.25, -0.2) is 9.07 Å². The molecule has 6 nitrogen and oxygen atoms in total. The van der Waals surface area contributed by atoms with Gasteiger partial charge in [-0.15, -0.1) is 0 Å². The molecule has 0 saturated carbocycles. The van der Waals surface area contributed by atoms with E-state index in [1.807, 2.05) is 12.3 Å². The Kier molecular flexibility index (Phi) is 7.21. The van der Waals surface area contributed by atoms with Crippen LogP contribution in [0.15, 0.2) is 41.5 Å². The predicted molar refractivity (Wildman–Crippen MR) is 107 cm³/mol. The molecule has 2 aromatic rings. The number of guanidine groups is 1. The largest absolute Gasteiger partial charge is 0.356 e. The average molecular weight is 372 g/mol. The minimum atomic E-state index is -0.241. The van der Waals surface area contributed by atoms with E-state index < -0.39 is 0 Å². The summed E-state index contributed by atoms with van der Waals surface area (Å²) in [5.41, 5.74) is 1.83. The Bertz CT molecular complexity index is 718. The fourth-order valence-electron chi connectivity index (χ4n) is 3.28. The molecule has 2 N–H and O–H groups in total. The summed E-state index contributed by atoms with van der Waals surface area (Å²) in [7, 11) is 1.79. The first kappa shape index (κ1) is 19.4. The van der Waals surface area contributed by atoms with Crippen LogP contribution in [0.4, 0.5) is 4.39 Å². The van der Waals surface area contributed by atoms with Gasteiger partial charge in [0.1, 0.15) is 5.82 Å². The van der Waals surface area contributed by atoms with Crippen molar-refractivity contribution < 1.29 is 4.39 Å². The summed E-state index contributed by atoms with van der Waals surface area (Å²) in [5, 5.41) is 11.3. The number of nitrogens with zero attached hydrogens (tertiary/aromatic N) is 4. The lowest BCUT2D eigenvalue weighted by Crippen LogP contribution is -2.43. The summed E-state index contributed by atoms with van der Waals surface area (Å²) in [6.45, 7) is 5.14. The quantitative estimate of drug-likeness (QED) is 0.578. The van der Waals surface area contributed by atoms with E-state index in [1.54, 1.807) is 23.9 Å². The Morgan fingerprint density at radius 3 is 2.56 bits per heavy atom. The third kappa shape index (κ3) is 6.06. The zero-order valence-electron chi connectivity index (χ0n) is 16.0. The van der Waals surface area contributed by atoms with Crippen LogP contribution >= 0.6 is 0 Å². The van der Waals surface area contributed by atoms with Crippen LogP contribution in [-0.4, -0.2) is 60.4 Å². The molecule has 0 amide bonds. The molecule has 1 aromatic carbocycles. The maximum absolute atomic E-state index is 13.0. The molecule has 146 valence electrons. The third-order valence-electron chi connectivity index (χ3n) is 4.80. The van der Waals surface area contributed by atoms with E-state index in [9.17, 15) is 4.39 Å². The normalized spacial score (nSPS) is 15.7. The van der Waals surface area contributed by atoms with Crippen LogP contribution in [-0.2, 0) is 6.42 Å². The molecule has 2 heterocycles. The van der Waals surface area contributed by atoms with Gasteiger partial charge < -0.3 is 15.5 Å². The molecule has 1 saturated heterocycles. The number of piperidine rings is 1. The summed E-state index contributed by atoms with van der Waals surface area (Å²) in [5.74, 6) is 0.583. The van der Waals surface area contributed by atoms with E-state index >= 15 is 0 Å². The number of rotatable bonds is 7. The molecule has 1 aromatic heterocycles. The lowest BCUT2D eigenvalue weighted by molar-refractivity contribution is 0.232. The SMILES string of the molecule is CN=C(NCCc1ccn(-c2ccc(F)cc2)n1)NCCN1CCCCC1. The summed E-state index contributed by atoms with van der Waals surface area (Å²) < 4.78 is 14.8. The van der Waals surface area contributed by atoms with Gasteiger partial charge in [0.25, 0.3) is 0 Å². The van der Waals surface area contributed by atoms with Gasteiger partial charge in [-0.05, 0) is 56.3 Å². The molecule has 1 aliphatic rings. The molecule has 0 spiro atoms. The van der Waals surface area contributed by atoms with Crippen molar-refractivity contribution in [3.05, 3.63) is 48.0 Å². The van der Waals surface area contributed by atoms with Crippen molar-refractivity contribution in [3.63, 3.8) is 0 Å². The smallest absolute Gasteiger partial charge is 0.191 e. The first-order valence-electron chi connectivity index (χ1n) is 9.72. The number of likely N-dealkylation sites (tertiary alicyclic amines) is 1. The molecule has 7 heteroatoms. The van der Waals surface area contributed by atoms with Gasteiger partial charge in [0.2, 0.25) is 0 Å². The maximum Gasteiger partial charge on any atom is 0.191 e. The molecule has 0 unspecified atom stereocenters. The molecular weight excluding hydrogens is 343 g/mol. The summed E-state index contributed by atoms with van der Waals surface area (Å²) in [6, 6.07) is 8.31. The summed E-state index contributed by atoms with van der Waals surface area (Å²) in [6.07, 6.45) is 6.69. The minimum absolute atomic E-state index is 0.241. The van der Waals surface area contributed by atoms with Crippen molar-refractivity contribution in [2.24, 2.45) is 4.99 Å². The molecule has 1 aliphatic heterocycles. The zero-order chi connectivity index (χ0) is 18.9. The molecule has 27 heavy (non-hydrogen) atoms. The molecule has 0 aliphatic carbocycles. The van der Waals surface area contributed by atoms with Crippen molar-refractivity contribution in [2.75, 3.05) is 39.8 Å². The van der Waals surface area contributed by atoms with Gasteiger partial charge in [0, 0.05) is 39.3 Å². The highest BCUT2D eigenvalue weighted by molar-refractivity contribution is 5.79. The number of benzene rings is 1. The lowest BCUT2D eigenvalue weighted by atomic mass is 10.1. The second-order valence-electron chi connectivity index (χ2n) is 6.81. The van der Waals surface area contributed by atoms with Crippen LogP contribution in [0.2, 0.25) is 0 Å². The maximum atomic E-state index is 13.0. The molecule has 0 bridgehead atoms. The highest BCUT2D eigenvalue weighted by atomic mass is 19.1. The molecule has 0 radical (unpaired) electrons. The highest BCUT2D eigenvalue weighted by Gasteiger charge is 2.09. The van der Waals surface area contributed by atoms with Crippen LogP contribution in [0, 0.1) is 5.82 Å². The molecular formula is C20H29FN6. The zero-order valence-corrected chi connectivity index (χ0v) is 16.0. The Hall–Kier alpha value is -2.41. The lowest BCUT2D eigenvalue weighted by Gasteiger charge is -2.26. The van der Waals surface area contributed by atoms with Crippen LogP contribution in [0.5, 0.6) is 0 Å². The third-order valence-corrected chi connectivity index (χ3v) is 4.80. The molecule has 3 rings (SSSR count). The van der Waals surface area contributed by atoms with Gasteiger partial charge >= 0.3 is 0 Å². The first-order valence-corrected chi connectivity index (χ1v) is 9.72. The molecule has 0 atom stereocenters. The Balaban J connectivity index is 1.38. The van der Waals surface area contributed by atoms with Crippen molar-refractivity contribution in [1.29, 1.82) is 0 Å². The van der Waals surface area contributed by atoms with Crippen molar-refractivity contribution in [2.45, 2.75) is 25.7 Å². The topological polar surface area (TPSA) is 57.5 Å². The van der Waals surface area contributed by atoms with Crippen LogP contribution in [0.1, 0.15) is 25.0 Å². The number of hydrogen-bond acceptors (Lipinski definition) is 3. The van der Waals surface area contributed by atoms with Crippen molar-refractivity contribution in [1.82, 2.24) is 25.3 Å². The standard InChI is InChI=1S/C20H29FN6/c1-22-20(24-12-16-26-13-3-2-4-14-26)23-11-9-18-10-15-27(25-18)19-7-5-17(21)6-8-19/h5-8,10,15H,2-4,9,11-14,16H2,1H3,(H2,22,23,24). The fraction of sp³-hybridized carbons (Fsp3) is 0.500. The number of aliphatic imine (C=N–C) groups is 1. The van der Waals surface area contributed by atoms with Crippen LogP contribution in [0.25, 0.3) is 5.69 Å². The number of hydrogen-bond donors (Lipinski definition) is 2. The highest BCUT2D eigenvalue weighted by Crippen LogP contribution is 2.09. The minimum Gasteiger partial charge on any atom is -0.356 e. The first-order chi connectivity index (χ1) is 13.2. The van der Waals surface area contributed by atoms with Gasteiger partial charge in [-0.1, -0.05) is 6.42 Å². The Labute approximate surface area is 160 Å². The van der Waals surface area contributed by atoms with Gasteiger partial charge in [0.05, 0.1) is 11.4 Å². The summed E-state index contributed by atoms with van der Waals surface area (Å²) >= 11 is 0. The average Bonchev–Trinajstić information content (AvgIpc) is 3.17. The van der Waals surface area contributed by atoms with Crippen LogP contribution in [0.3, 0.4) is 0 Å². The second kappa shape index (κ2) is 10.1. The summed E-state index contributed by atoms with van der Waals surface area (Å²) in [4.78, 5) is 6.78. The van der Waals surface area contributed by atoms with Crippen molar-refractivity contribution in [3.8, 4) is 5.69 Å². The van der Waals surface area contributed by atoms with Gasteiger partial charge in [-0.3, -0.25) is 4.99 Å². The number of nitrogens with one attached hydrogen (secondary N) is 2. The van der Waals surface area contributed by atoms with E-state index in [0.717, 1.165) is 43.4 Å². The van der Waals surface area contributed by atoms with E-state index in [0.29, 0.717) is 0 Å². The van der Waals surface area contributed by atoms with E-state index in [1.165, 1.54) is 44.5 Å². The fourth-order valence-corrected chi connectivity index (χ4v) is 3.28. The predicted octanol–water partition coefficient (Wildman–Crippen LogP) is 2.20. The Morgan fingerprint density at radius 2 is 1.81 bits per heavy atom. The van der Waals surface area contributed by atoms with E-state index in [4.69, 9.17) is 0 Å². The van der Waals surface area contributed by atoms with E-state index in [2.05, 4.69) is 25.6 Å². The Morgan fingerprint density at radius 1 is 1.07 bits per heavy atom. The monoisotopic (exact) mass is 372 g/mol. The molecule has 1 fully saturated rings. The number of halogens is 1. The van der Waals surface area contributed by atoms with Gasteiger partial charge in [-0.2, -0.15) is 5.10 Å². The van der Waals surface area contributed by atoms with Gasteiger partial charge in [0.15, 0.2) is 5.96 Å². The van der Waals surface area contributed by atoms with E-state index in [-0.39, 0.29) is 5.82 Å².